The van der Waals surface area contributed by atoms with Gasteiger partial charge in [-0.15, -0.1) is 23.2 Å². The van der Waals surface area contributed by atoms with Crippen LogP contribution in [0.4, 0.5) is 0 Å². The van der Waals surface area contributed by atoms with Gasteiger partial charge in [0, 0.05) is 11.8 Å². The lowest BCUT2D eigenvalue weighted by Gasteiger charge is -2.31. The second kappa shape index (κ2) is 5.58. The van der Waals surface area contributed by atoms with Crippen molar-refractivity contribution in [2.45, 2.75) is 21.5 Å². The van der Waals surface area contributed by atoms with Crippen molar-refractivity contribution in [2.75, 3.05) is 11.8 Å². The van der Waals surface area contributed by atoms with Crippen LogP contribution in [0.15, 0.2) is 0 Å². The molecule has 0 aliphatic carbocycles. The summed E-state index contributed by atoms with van der Waals surface area (Å²) in [5, 5.41) is 0. The van der Waals surface area contributed by atoms with E-state index >= 15 is 0 Å². The minimum absolute atomic E-state index is 0.302. The maximum Gasteiger partial charge on any atom is 0.152 e. The van der Waals surface area contributed by atoms with Gasteiger partial charge in [0.1, 0.15) is 0 Å². The zero-order chi connectivity index (χ0) is 9.83. The van der Waals surface area contributed by atoms with Crippen LogP contribution in [0.1, 0.15) is 12.8 Å². The Balaban J connectivity index is 4.28. The van der Waals surface area contributed by atoms with E-state index in [0.29, 0.717) is 24.6 Å². The van der Waals surface area contributed by atoms with E-state index in [1.807, 2.05) is 0 Å². The lowest BCUT2D eigenvalue weighted by molar-refractivity contribution is 0.620. The molecule has 74 valence electrons. The van der Waals surface area contributed by atoms with Gasteiger partial charge in [0.25, 0.3) is 0 Å². The Morgan fingerprint density at radius 2 is 0.917 bits per heavy atom. The Kier molecular flexibility index (Phi) is 6.39. The Morgan fingerprint density at radius 3 is 1.08 bits per heavy atom. The predicted octanol–water partition coefficient (Wildman–Crippen LogP) is 4.59. The minimum Gasteiger partial charge on any atom is -0.127 e. The Bertz CT molecular complexity index is 116. The molecule has 0 rings (SSSR count). The molecule has 0 fully saturated rings. The lowest BCUT2D eigenvalue weighted by Crippen LogP contribution is -2.37. The van der Waals surface area contributed by atoms with Crippen LogP contribution in [0.3, 0.4) is 0 Å². The molecule has 0 aromatic carbocycles. The molecule has 0 bridgehead atoms. The van der Waals surface area contributed by atoms with Crippen molar-refractivity contribution in [1.82, 2.24) is 0 Å². The zero-order valence-corrected chi connectivity index (χ0v) is 10.6. The van der Waals surface area contributed by atoms with Crippen molar-refractivity contribution in [3.05, 3.63) is 0 Å². The van der Waals surface area contributed by atoms with Crippen molar-refractivity contribution in [3.8, 4) is 0 Å². The van der Waals surface area contributed by atoms with Gasteiger partial charge in [-0.05, 0) is 12.8 Å². The van der Waals surface area contributed by atoms with Crippen molar-refractivity contribution >= 4 is 69.6 Å². The summed E-state index contributed by atoms with van der Waals surface area (Å²) in [6, 6.07) is 0. The fraction of sp³-hybridized carbons (Fsp3) is 1.00. The van der Waals surface area contributed by atoms with Gasteiger partial charge < -0.3 is 0 Å². The Morgan fingerprint density at radius 1 is 0.667 bits per heavy atom. The highest BCUT2D eigenvalue weighted by Gasteiger charge is 2.45. The highest BCUT2D eigenvalue weighted by Crippen LogP contribution is 2.47. The summed E-state index contributed by atoms with van der Waals surface area (Å²) in [6.45, 7) is 0. The molecule has 12 heavy (non-hydrogen) atoms. The van der Waals surface area contributed by atoms with Crippen LogP contribution < -0.4 is 0 Å². The van der Waals surface area contributed by atoms with E-state index in [9.17, 15) is 0 Å². The molecule has 0 spiro atoms. The number of halogens is 6. The molecule has 0 atom stereocenters. The van der Waals surface area contributed by atoms with Gasteiger partial charge in [-0.2, -0.15) is 0 Å². The van der Waals surface area contributed by atoms with Crippen LogP contribution in [-0.2, 0) is 0 Å². The van der Waals surface area contributed by atoms with Crippen LogP contribution >= 0.6 is 69.6 Å². The zero-order valence-electron chi connectivity index (χ0n) is 6.10. The normalized spacial score (nSPS) is 13.5. The first-order valence-corrected chi connectivity index (χ1v) is 5.83. The molecule has 0 aliphatic rings. The third-order valence-corrected chi connectivity index (χ3v) is 4.16. The third-order valence-electron chi connectivity index (χ3n) is 1.35. The second-order valence-electron chi connectivity index (χ2n) is 2.29. The van der Waals surface area contributed by atoms with Crippen molar-refractivity contribution in [2.24, 2.45) is 0 Å². The molecule has 6 heteroatoms. The van der Waals surface area contributed by atoms with Crippen molar-refractivity contribution in [1.29, 1.82) is 0 Å². The van der Waals surface area contributed by atoms with E-state index in [4.69, 9.17) is 69.6 Å². The smallest absolute Gasteiger partial charge is 0.127 e. The molecule has 0 saturated heterocycles. The Labute approximate surface area is 102 Å². The third kappa shape index (κ3) is 3.86. The molecule has 0 unspecified atom stereocenters. The first kappa shape index (κ1) is 13.7. The van der Waals surface area contributed by atoms with E-state index < -0.39 is 8.67 Å². The predicted molar refractivity (Wildman–Crippen MR) is 59.5 cm³/mol. The van der Waals surface area contributed by atoms with E-state index in [1.165, 1.54) is 0 Å². The van der Waals surface area contributed by atoms with Gasteiger partial charge in [-0.3, -0.25) is 0 Å². The van der Waals surface area contributed by atoms with Crippen molar-refractivity contribution < 1.29 is 0 Å². The topological polar surface area (TPSA) is 0 Å². The summed E-state index contributed by atoms with van der Waals surface area (Å²) in [7, 11) is 0. The fourth-order valence-electron chi connectivity index (χ4n) is 0.603. The molecule has 0 heterocycles. The van der Waals surface area contributed by atoms with Gasteiger partial charge in [0.05, 0.1) is 0 Å². The molecule has 0 aromatic rings. The van der Waals surface area contributed by atoms with Gasteiger partial charge >= 0.3 is 0 Å². The van der Waals surface area contributed by atoms with E-state index in [-0.39, 0.29) is 0 Å². The maximum atomic E-state index is 5.87. The number of hydrogen-bond acceptors (Lipinski definition) is 0. The molecular weight excluding hydrogens is 285 g/mol. The average Bonchev–Trinajstić information content (AvgIpc) is 1.86. The quantitative estimate of drug-likeness (QED) is 0.650. The molecule has 0 nitrogen and oxygen atoms in total. The van der Waals surface area contributed by atoms with Crippen LogP contribution in [0.2, 0.25) is 0 Å². The number of alkyl halides is 6. The van der Waals surface area contributed by atoms with Gasteiger partial charge in [0.2, 0.25) is 0 Å². The molecule has 0 saturated carbocycles. The van der Waals surface area contributed by atoms with Crippen LogP contribution in [0, 0.1) is 0 Å². The van der Waals surface area contributed by atoms with Gasteiger partial charge in [-0.1, -0.05) is 46.4 Å². The van der Waals surface area contributed by atoms with Crippen LogP contribution in [-0.4, -0.2) is 20.4 Å². The molecular formula is C6H8Cl6. The maximum absolute atomic E-state index is 5.87. The lowest BCUT2D eigenvalue weighted by atomic mass is 10.2. The van der Waals surface area contributed by atoms with Crippen LogP contribution in [0.25, 0.3) is 0 Å². The first-order chi connectivity index (χ1) is 5.37. The number of hydrogen-bond donors (Lipinski definition) is 0. The molecule has 0 radical (unpaired) electrons. The summed E-state index contributed by atoms with van der Waals surface area (Å²) in [5.41, 5.74) is 0. The summed E-state index contributed by atoms with van der Waals surface area (Å²) in [5.74, 6) is 0.604. The largest absolute Gasteiger partial charge is 0.152 e. The molecule has 0 N–H and O–H groups in total. The summed E-state index contributed by atoms with van der Waals surface area (Å²) >= 11 is 34.4. The summed E-state index contributed by atoms with van der Waals surface area (Å²) in [4.78, 5) is 0. The average molecular weight is 293 g/mol. The van der Waals surface area contributed by atoms with Crippen LogP contribution in [0.5, 0.6) is 0 Å². The Hall–Kier alpha value is 1.74. The minimum atomic E-state index is -1.24. The first-order valence-electron chi connectivity index (χ1n) is 3.25. The molecule has 0 amide bonds. The molecule has 0 aromatic heterocycles. The highest BCUT2D eigenvalue weighted by molar-refractivity contribution is 6.62. The van der Waals surface area contributed by atoms with E-state index in [1.54, 1.807) is 0 Å². The standard InChI is InChI=1S/C6H8Cl6/c7-3-1-5(9,10)6(11,12)2-4-8/h1-4H2. The second-order valence-corrected chi connectivity index (χ2v) is 6.01. The summed E-state index contributed by atoms with van der Waals surface area (Å²) in [6.07, 6.45) is 0.642. The number of rotatable bonds is 5. The van der Waals surface area contributed by atoms with Crippen molar-refractivity contribution in [3.63, 3.8) is 0 Å². The summed E-state index contributed by atoms with van der Waals surface area (Å²) < 4.78 is -2.49. The monoisotopic (exact) mass is 290 g/mol. The van der Waals surface area contributed by atoms with E-state index in [2.05, 4.69) is 0 Å². The molecule has 0 aliphatic heterocycles. The van der Waals surface area contributed by atoms with E-state index in [0.717, 1.165) is 0 Å². The fourth-order valence-corrected chi connectivity index (χ4v) is 2.31. The SMILES string of the molecule is ClCCC(Cl)(Cl)C(Cl)(Cl)CCCl. The highest BCUT2D eigenvalue weighted by atomic mass is 35.5. The van der Waals surface area contributed by atoms with Gasteiger partial charge in [0.15, 0.2) is 8.67 Å². The van der Waals surface area contributed by atoms with Gasteiger partial charge in [-0.25, -0.2) is 0 Å².